The van der Waals surface area contributed by atoms with E-state index in [4.69, 9.17) is 15.6 Å². The first-order valence-corrected chi connectivity index (χ1v) is 16.4. The fourth-order valence-electron chi connectivity index (χ4n) is 7.18. The standard InChI is InChI=1S/C36H32F2N8O4/c37-25-15-20(14-22-17-45(36(49)30(22)25)28-10-11-29(47)42-35(28)48)16-44-13-12-27(26(38)18-44)46-34-31(33(39)40-19-41-34)32(43-46)21-6-8-24(9-7-21)50-23-4-2-1-3-5-23/h1-9,14-15,19,26-28H,10-13,16-18H2,(H2,39,40,41)(H,42,47,48). The number of hydrogen-bond acceptors (Lipinski definition) is 9. The largest absolute Gasteiger partial charge is 0.457 e. The Morgan fingerprint density at radius 2 is 1.76 bits per heavy atom. The number of piperidine rings is 2. The van der Waals surface area contributed by atoms with Crippen LogP contribution in [-0.4, -0.2) is 72.6 Å². The Hall–Kier alpha value is -5.76. The van der Waals surface area contributed by atoms with Crippen molar-refractivity contribution in [2.45, 2.75) is 50.6 Å². The number of fused-ring (bicyclic) bond motifs is 2. The highest BCUT2D eigenvalue weighted by Crippen LogP contribution is 2.37. The van der Waals surface area contributed by atoms with E-state index in [9.17, 15) is 14.4 Å². The van der Waals surface area contributed by atoms with Crippen LogP contribution in [0.5, 0.6) is 11.5 Å². The number of amides is 3. The molecule has 50 heavy (non-hydrogen) atoms. The number of carbonyl (C=O) groups is 3. The number of likely N-dealkylation sites (tertiary alicyclic amines) is 1. The molecule has 3 N–H and O–H groups in total. The van der Waals surface area contributed by atoms with Crippen molar-refractivity contribution in [2.75, 3.05) is 18.8 Å². The number of hydrogen-bond donors (Lipinski definition) is 2. The second-order valence-electron chi connectivity index (χ2n) is 12.8. The topological polar surface area (TPSA) is 149 Å². The van der Waals surface area contributed by atoms with Crippen LogP contribution in [0, 0.1) is 5.82 Å². The van der Waals surface area contributed by atoms with Crippen LogP contribution in [0.15, 0.2) is 73.1 Å². The van der Waals surface area contributed by atoms with Gasteiger partial charge in [0.2, 0.25) is 11.8 Å². The van der Waals surface area contributed by atoms with Gasteiger partial charge in [0.05, 0.1) is 17.0 Å². The van der Waals surface area contributed by atoms with Crippen molar-refractivity contribution >= 4 is 34.6 Å². The van der Waals surface area contributed by atoms with Gasteiger partial charge in [0.25, 0.3) is 5.91 Å². The molecule has 2 saturated heterocycles. The number of nitrogens with one attached hydrogen (secondary N) is 1. The van der Waals surface area contributed by atoms with Crippen molar-refractivity contribution in [3.8, 4) is 22.8 Å². The number of anilines is 1. The molecule has 0 radical (unpaired) electrons. The number of rotatable bonds is 7. The lowest BCUT2D eigenvalue weighted by Crippen LogP contribution is -2.52. The molecular weight excluding hydrogens is 646 g/mol. The fraction of sp³-hybridized carbons (Fsp3) is 0.278. The van der Waals surface area contributed by atoms with Crippen LogP contribution in [0.25, 0.3) is 22.3 Å². The number of nitrogens with two attached hydrogens (primary N) is 1. The lowest BCUT2D eigenvalue weighted by atomic mass is 10.0. The van der Waals surface area contributed by atoms with Crippen molar-refractivity contribution in [1.82, 2.24) is 34.9 Å². The molecule has 3 aromatic carbocycles. The smallest absolute Gasteiger partial charge is 0.258 e. The van der Waals surface area contributed by atoms with Gasteiger partial charge in [-0.05, 0) is 66.4 Å². The SMILES string of the molecule is Nc1ncnc2c1c(-c1ccc(Oc3ccccc3)cc1)nn2C1CCN(Cc2cc(F)c3c(c2)CN(C2CCC(=O)NC2=O)C3=O)CC1F. The maximum atomic E-state index is 16.1. The number of nitrogens with zero attached hydrogens (tertiary/aromatic N) is 6. The Bertz CT molecular complexity index is 2140. The zero-order valence-electron chi connectivity index (χ0n) is 26.8. The lowest BCUT2D eigenvalue weighted by Gasteiger charge is -2.35. The second kappa shape index (κ2) is 12.6. The number of para-hydroxylation sites is 1. The van der Waals surface area contributed by atoms with E-state index in [1.165, 1.54) is 17.3 Å². The Balaban J connectivity index is 0.985. The average Bonchev–Trinajstić information content (AvgIpc) is 3.64. The van der Waals surface area contributed by atoms with Crippen LogP contribution in [0.4, 0.5) is 14.6 Å². The van der Waals surface area contributed by atoms with E-state index < -0.39 is 41.8 Å². The molecule has 5 heterocycles. The lowest BCUT2D eigenvalue weighted by molar-refractivity contribution is -0.136. The minimum absolute atomic E-state index is 0.0570. The van der Waals surface area contributed by atoms with Gasteiger partial charge in [-0.3, -0.25) is 24.6 Å². The Kier molecular flexibility index (Phi) is 7.94. The highest BCUT2D eigenvalue weighted by molar-refractivity contribution is 6.05. The number of benzene rings is 3. The molecule has 3 aliphatic rings. The molecule has 0 spiro atoms. The van der Waals surface area contributed by atoms with E-state index in [1.807, 2.05) is 59.5 Å². The first-order valence-electron chi connectivity index (χ1n) is 16.4. The summed E-state index contributed by atoms with van der Waals surface area (Å²) in [5.74, 6) is -0.616. The van der Waals surface area contributed by atoms with Gasteiger partial charge in [-0.15, -0.1) is 0 Å². The quantitative estimate of drug-likeness (QED) is 0.237. The molecule has 3 aliphatic heterocycles. The molecule has 0 bridgehead atoms. The molecule has 3 amide bonds. The number of carbonyl (C=O) groups excluding carboxylic acids is 3. The maximum absolute atomic E-state index is 16.1. The van der Waals surface area contributed by atoms with Crippen LogP contribution >= 0.6 is 0 Å². The van der Waals surface area contributed by atoms with Crippen LogP contribution in [-0.2, 0) is 22.7 Å². The van der Waals surface area contributed by atoms with E-state index >= 15 is 8.78 Å². The van der Waals surface area contributed by atoms with Gasteiger partial charge in [-0.25, -0.2) is 23.4 Å². The van der Waals surface area contributed by atoms with E-state index in [1.54, 1.807) is 10.7 Å². The molecule has 12 nitrogen and oxygen atoms in total. The number of ether oxygens (including phenoxy) is 1. The summed E-state index contributed by atoms with van der Waals surface area (Å²) in [5, 5.41) is 7.62. The number of aromatic nitrogens is 4. The molecule has 3 unspecified atom stereocenters. The van der Waals surface area contributed by atoms with E-state index in [2.05, 4.69) is 15.3 Å². The van der Waals surface area contributed by atoms with E-state index in [0.29, 0.717) is 52.3 Å². The maximum Gasteiger partial charge on any atom is 0.258 e. The second-order valence-corrected chi connectivity index (χ2v) is 12.8. The predicted molar refractivity (Wildman–Crippen MR) is 178 cm³/mol. The van der Waals surface area contributed by atoms with Gasteiger partial charge in [0, 0.05) is 38.2 Å². The fourth-order valence-corrected chi connectivity index (χ4v) is 7.18. The number of nitrogen functional groups attached to an aromatic ring is 1. The summed E-state index contributed by atoms with van der Waals surface area (Å²) in [6, 6.07) is 18.4. The molecule has 2 fully saturated rings. The Morgan fingerprint density at radius 1 is 0.980 bits per heavy atom. The highest BCUT2D eigenvalue weighted by Gasteiger charge is 2.41. The molecule has 14 heteroatoms. The van der Waals surface area contributed by atoms with Crippen LogP contribution in [0.3, 0.4) is 0 Å². The molecule has 3 atom stereocenters. The molecule has 2 aromatic heterocycles. The first-order chi connectivity index (χ1) is 24.2. The average molecular weight is 679 g/mol. The first kappa shape index (κ1) is 31.5. The summed E-state index contributed by atoms with van der Waals surface area (Å²) < 4.78 is 38.9. The molecular formula is C36H32F2N8O4. The summed E-state index contributed by atoms with van der Waals surface area (Å²) >= 11 is 0. The highest BCUT2D eigenvalue weighted by atomic mass is 19.1. The molecule has 254 valence electrons. The third-order valence-corrected chi connectivity index (χ3v) is 9.57. The summed E-state index contributed by atoms with van der Waals surface area (Å²) in [5.41, 5.74) is 9.03. The summed E-state index contributed by atoms with van der Waals surface area (Å²) in [6.07, 6.45) is 0.709. The van der Waals surface area contributed by atoms with Gasteiger partial charge < -0.3 is 15.4 Å². The van der Waals surface area contributed by atoms with Crippen molar-refractivity contribution < 1.29 is 27.9 Å². The third kappa shape index (κ3) is 5.70. The molecule has 5 aromatic rings. The minimum Gasteiger partial charge on any atom is -0.457 e. The van der Waals surface area contributed by atoms with Crippen LogP contribution in [0.2, 0.25) is 0 Å². The normalized spacial score (nSPS) is 21.0. The monoisotopic (exact) mass is 678 g/mol. The summed E-state index contributed by atoms with van der Waals surface area (Å²) in [6.45, 7) is 0.879. The Morgan fingerprint density at radius 3 is 2.52 bits per heavy atom. The number of imide groups is 1. The van der Waals surface area contributed by atoms with E-state index in [0.717, 1.165) is 5.56 Å². The van der Waals surface area contributed by atoms with Gasteiger partial charge in [0.1, 0.15) is 47.4 Å². The number of alkyl halides is 1. The third-order valence-electron chi connectivity index (χ3n) is 9.57. The van der Waals surface area contributed by atoms with Crippen molar-refractivity contribution in [2.24, 2.45) is 0 Å². The summed E-state index contributed by atoms with van der Waals surface area (Å²) in [4.78, 5) is 48.9. The zero-order valence-corrected chi connectivity index (χ0v) is 26.8. The van der Waals surface area contributed by atoms with E-state index in [-0.39, 0.29) is 43.9 Å². The molecule has 0 saturated carbocycles. The van der Waals surface area contributed by atoms with Crippen molar-refractivity contribution in [3.63, 3.8) is 0 Å². The van der Waals surface area contributed by atoms with Crippen LogP contribution in [0.1, 0.15) is 46.8 Å². The van der Waals surface area contributed by atoms with Crippen LogP contribution < -0.4 is 15.8 Å². The van der Waals surface area contributed by atoms with Crippen molar-refractivity contribution in [3.05, 3.63) is 95.6 Å². The molecule has 8 rings (SSSR count). The van der Waals surface area contributed by atoms with Crippen molar-refractivity contribution in [1.29, 1.82) is 0 Å². The van der Waals surface area contributed by atoms with Gasteiger partial charge in [-0.1, -0.05) is 24.3 Å². The van der Waals surface area contributed by atoms with Gasteiger partial charge >= 0.3 is 0 Å². The molecule has 0 aliphatic carbocycles. The van der Waals surface area contributed by atoms with Gasteiger partial charge in [0.15, 0.2) is 5.65 Å². The minimum atomic E-state index is -1.33. The Labute approximate surface area is 284 Å². The predicted octanol–water partition coefficient (Wildman–Crippen LogP) is 4.55. The zero-order chi connectivity index (χ0) is 34.5. The summed E-state index contributed by atoms with van der Waals surface area (Å²) in [7, 11) is 0. The van der Waals surface area contributed by atoms with Gasteiger partial charge in [-0.2, -0.15) is 5.10 Å². The number of halogens is 2.